The quantitative estimate of drug-likeness (QED) is 0.753. The van der Waals surface area contributed by atoms with Gasteiger partial charge in [-0.1, -0.05) is 19.9 Å². The van der Waals surface area contributed by atoms with E-state index >= 15 is 0 Å². The van der Waals surface area contributed by atoms with Crippen molar-refractivity contribution in [2.45, 2.75) is 33.6 Å². The minimum atomic E-state index is -0.235. The molecule has 26 heavy (non-hydrogen) atoms. The standard InChI is InChI=1S/C20H26N4O2/c1-4-11-24(12-5-2)19-10-9-16(14-21-19)20(26)23-18-8-6-7-17(13-18)22-15(3)25/h6-10,13-14H,4-5,11-12H2,1-3H3,(H,22,25)(H,23,26). The summed E-state index contributed by atoms with van der Waals surface area (Å²) in [4.78, 5) is 30.2. The van der Waals surface area contributed by atoms with Crippen LogP contribution < -0.4 is 15.5 Å². The fraction of sp³-hybridized carbons (Fsp3) is 0.350. The van der Waals surface area contributed by atoms with E-state index in [2.05, 4.69) is 34.4 Å². The summed E-state index contributed by atoms with van der Waals surface area (Å²) in [6, 6.07) is 10.7. The zero-order valence-electron chi connectivity index (χ0n) is 15.6. The normalized spacial score (nSPS) is 10.3. The third-order valence-corrected chi connectivity index (χ3v) is 3.76. The van der Waals surface area contributed by atoms with Crippen molar-refractivity contribution in [3.05, 3.63) is 48.2 Å². The lowest BCUT2D eigenvalue weighted by molar-refractivity contribution is -0.114. The minimum absolute atomic E-state index is 0.156. The van der Waals surface area contributed by atoms with Gasteiger partial charge in [0.15, 0.2) is 0 Å². The highest BCUT2D eigenvalue weighted by atomic mass is 16.2. The molecule has 0 saturated heterocycles. The molecule has 2 amide bonds. The molecule has 0 aliphatic rings. The lowest BCUT2D eigenvalue weighted by Gasteiger charge is -2.22. The Morgan fingerprint density at radius 1 is 1.00 bits per heavy atom. The largest absolute Gasteiger partial charge is 0.357 e. The van der Waals surface area contributed by atoms with Crippen molar-refractivity contribution in [2.24, 2.45) is 0 Å². The summed E-state index contributed by atoms with van der Waals surface area (Å²) in [5.41, 5.74) is 1.74. The van der Waals surface area contributed by atoms with Gasteiger partial charge in [0.1, 0.15) is 5.82 Å². The highest BCUT2D eigenvalue weighted by molar-refractivity contribution is 6.04. The van der Waals surface area contributed by atoms with Gasteiger partial charge in [0.2, 0.25) is 5.91 Å². The average Bonchev–Trinajstić information content (AvgIpc) is 2.61. The van der Waals surface area contributed by atoms with Crippen LogP contribution in [0.4, 0.5) is 17.2 Å². The van der Waals surface area contributed by atoms with E-state index in [1.54, 1.807) is 36.5 Å². The van der Waals surface area contributed by atoms with Gasteiger partial charge in [-0.15, -0.1) is 0 Å². The van der Waals surface area contributed by atoms with Gasteiger partial charge in [-0.05, 0) is 43.2 Å². The Morgan fingerprint density at radius 2 is 1.65 bits per heavy atom. The predicted molar refractivity (Wildman–Crippen MR) is 106 cm³/mol. The van der Waals surface area contributed by atoms with E-state index in [1.807, 2.05) is 6.07 Å². The molecule has 6 nitrogen and oxygen atoms in total. The molecule has 6 heteroatoms. The average molecular weight is 354 g/mol. The van der Waals surface area contributed by atoms with Crippen LogP contribution in [0, 0.1) is 0 Å². The number of pyridine rings is 1. The van der Waals surface area contributed by atoms with Gasteiger partial charge in [-0.2, -0.15) is 0 Å². The van der Waals surface area contributed by atoms with Crippen LogP contribution in [0.5, 0.6) is 0 Å². The fourth-order valence-corrected chi connectivity index (χ4v) is 2.67. The second kappa shape index (κ2) is 9.56. The molecule has 0 atom stereocenters. The number of nitrogens with one attached hydrogen (secondary N) is 2. The number of carbonyl (C=O) groups is 2. The molecule has 2 rings (SSSR count). The summed E-state index contributed by atoms with van der Waals surface area (Å²) in [7, 11) is 0. The first-order valence-electron chi connectivity index (χ1n) is 8.93. The van der Waals surface area contributed by atoms with E-state index in [0.717, 1.165) is 31.7 Å². The Kier molecular flexibility index (Phi) is 7.14. The summed E-state index contributed by atoms with van der Waals surface area (Å²) in [5.74, 6) is 0.497. The van der Waals surface area contributed by atoms with Gasteiger partial charge in [-0.3, -0.25) is 9.59 Å². The third kappa shape index (κ3) is 5.58. The number of amides is 2. The molecule has 138 valence electrons. The van der Waals surface area contributed by atoms with Crippen molar-refractivity contribution in [1.29, 1.82) is 0 Å². The molecule has 2 N–H and O–H groups in total. The van der Waals surface area contributed by atoms with Gasteiger partial charge in [0, 0.05) is 37.6 Å². The lowest BCUT2D eigenvalue weighted by atomic mass is 10.2. The van der Waals surface area contributed by atoms with Crippen molar-refractivity contribution < 1.29 is 9.59 Å². The van der Waals surface area contributed by atoms with Gasteiger partial charge in [0.05, 0.1) is 5.56 Å². The van der Waals surface area contributed by atoms with Gasteiger partial charge in [0.25, 0.3) is 5.91 Å². The topological polar surface area (TPSA) is 74.3 Å². The molecule has 0 unspecified atom stereocenters. The number of anilines is 3. The highest BCUT2D eigenvalue weighted by Gasteiger charge is 2.10. The van der Waals surface area contributed by atoms with E-state index in [9.17, 15) is 9.59 Å². The monoisotopic (exact) mass is 354 g/mol. The molecule has 1 aromatic carbocycles. The smallest absolute Gasteiger partial charge is 0.257 e. The molecule has 1 aromatic heterocycles. The van der Waals surface area contributed by atoms with E-state index in [0.29, 0.717) is 16.9 Å². The van der Waals surface area contributed by atoms with Gasteiger partial charge in [-0.25, -0.2) is 4.98 Å². The molecule has 0 fully saturated rings. The molecule has 2 aromatic rings. The maximum absolute atomic E-state index is 12.4. The van der Waals surface area contributed by atoms with Crippen molar-refractivity contribution >= 4 is 29.0 Å². The number of aromatic nitrogens is 1. The summed E-state index contributed by atoms with van der Waals surface area (Å²) in [6.07, 6.45) is 3.70. The molecule has 0 spiro atoms. The summed E-state index contributed by atoms with van der Waals surface area (Å²) in [5, 5.41) is 5.52. The first-order valence-corrected chi connectivity index (χ1v) is 8.93. The highest BCUT2D eigenvalue weighted by Crippen LogP contribution is 2.17. The Labute approximate surface area is 154 Å². The number of carbonyl (C=O) groups excluding carboxylic acids is 2. The maximum Gasteiger partial charge on any atom is 0.257 e. The number of benzene rings is 1. The molecular formula is C20H26N4O2. The fourth-order valence-electron chi connectivity index (χ4n) is 2.67. The van der Waals surface area contributed by atoms with Crippen LogP contribution in [0.25, 0.3) is 0 Å². The van der Waals surface area contributed by atoms with Crippen LogP contribution in [-0.2, 0) is 4.79 Å². The van der Waals surface area contributed by atoms with E-state index < -0.39 is 0 Å². The number of hydrogen-bond acceptors (Lipinski definition) is 4. The van der Waals surface area contributed by atoms with Crippen LogP contribution in [0.1, 0.15) is 44.0 Å². The molecule has 0 bridgehead atoms. The molecule has 1 heterocycles. The summed E-state index contributed by atoms with van der Waals surface area (Å²) < 4.78 is 0. The first-order chi connectivity index (χ1) is 12.5. The molecule has 0 radical (unpaired) electrons. The minimum Gasteiger partial charge on any atom is -0.357 e. The number of hydrogen-bond donors (Lipinski definition) is 2. The second-order valence-electron chi connectivity index (χ2n) is 6.11. The maximum atomic E-state index is 12.4. The van der Waals surface area contributed by atoms with E-state index in [1.165, 1.54) is 6.92 Å². The lowest BCUT2D eigenvalue weighted by Crippen LogP contribution is -2.26. The van der Waals surface area contributed by atoms with Crippen LogP contribution in [0.3, 0.4) is 0 Å². The zero-order chi connectivity index (χ0) is 18.9. The van der Waals surface area contributed by atoms with Crippen molar-refractivity contribution in [3.8, 4) is 0 Å². The van der Waals surface area contributed by atoms with Crippen molar-refractivity contribution in [3.63, 3.8) is 0 Å². The zero-order valence-corrected chi connectivity index (χ0v) is 15.6. The van der Waals surface area contributed by atoms with Crippen LogP contribution in [-0.4, -0.2) is 29.9 Å². The Balaban J connectivity index is 2.07. The van der Waals surface area contributed by atoms with Crippen molar-refractivity contribution in [1.82, 2.24) is 4.98 Å². The summed E-state index contributed by atoms with van der Waals surface area (Å²) in [6.45, 7) is 7.61. The van der Waals surface area contributed by atoms with E-state index in [4.69, 9.17) is 0 Å². The van der Waals surface area contributed by atoms with Crippen LogP contribution >= 0.6 is 0 Å². The Hall–Kier alpha value is -2.89. The Morgan fingerprint density at radius 3 is 2.19 bits per heavy atom. The van der Waals surface area contributed by atoms with E-state index in [-0.39, 0.29) is 11.8 Å². The predicted octanol–water partition coefficient (Wildman–Crippen LogP) is 3.92. The first kappa shape index (κ1) is 19.4. The molecular weight excluding hydrogens is 328 g/mol. The van der Waals surface area contributed by atoms with Gasteiger partial charge < -0.3 is 15.5 Å². The number of rotatable bonds is 8. The third-order valence-electron chi connectivity index (χ3n) is 3.76. The Bertz CT molecular complexity index is 738. The van der Waals surface area contributed by atoms with Gasteiger partial charge >= 0.3 is 0 Å². The SMILES string of the molecule is CCCN(CCC)c1ccc(C(=O)Nc2cccc(NC(C)=O)c2)cn1. The van der Waals surface area contributed by atoms with Crippen molar-refractivity contribution in [2.75, 3.05) is 28.6 Å². The number of nitrogens with zero attached hydrogens (tertiary/aromatic N) is 2. The molecule has 0 aliphatic heterocycles. The second-order valence-corrected chi connectivity index (χ2v) is 6.11. The molecule has 0 saturated carbocycles. The van der Waals surface area contributed by atoms with Crippen LogP contribution in [0.15, 0.2) is 42.6 Å². The molecule has 0 aliphatic carbocycles. The summed E-state index contributed by atoms with van der Waals surface area (Å²) >= 11 is 0. The van der Waals surface area contributed by atoms with Crippen LogP contribution in [0.2, 0.25) is 0 Å².